The van der Waals surface area contributed by atoms with Gasteiger partial charge in [-0.2, -0.15) is 0 Å². The van der Waals surface area contributed by atoms with Crippen LogP contribution >= 0.6 is 11.8 Å². The minimum Gasteiger partial charge on any atom is -0.502 e. The van der Waals surface area contributed by atoms with Crippen molar-refractivity contribution in [2.24, 2.45) is 5.41 Å². The Kier molecular flexibility index (Phi) is 4.68. The van der Waals surface area contributed by atoms with Crippen LogP contribution in [0.25, 0.3) is 0 Å². The molecule has 4 heterocycles. The minimum absolute atomic E-state index is 0.178. The van der Waals surface area contributed by atoms with Crippen LogP contribution in [0, 0.1) is 17.0 Å². The van der Waals surface area contributed by atoms with Crippen LogP contribution in [0.3, 0.4) is 0 Å². The molecule has 36 heavy (non-hydrogen) atoms. The monoisotopic (exact) mass is 511 g/mol. The number of rotatable bonds is 1. The van der Waals surface area contributed by atoms with Crippen LogP contribution in [0.2, 0.25) is 0 Å². The summed E-state index contributed by atoms with van der Waals surface area (Å²) in [5.74, 6) is -3.61. The molecule has 3 aliphatic rings. The molecule has 1 saturated heterocycles. The van der Waals surface area contributed by atoms with Crippen molar-refractivity contribution in [1.29, 1.82) is 0 Å². The molecule has 3 aliphatic heterocycles. The fraction of sp³-hybridized carbons (Fsp3) is 0.333. The quantitative estimate of drug-likeness (QED) is 0.510. The fourth-order valence-electron chi connectivity index (χ4n) is 5.49. The Bertz CT molecular complexity index is 1560. The van der Waals surface area contributed by atoms with Crippen molar-refractivity contribution in [3.05, 3.63) is 92.9 Å². The van der Waals surface area contributed by atoms with Crippen molar-refractivity contribution in [3.8, 4) is 5.75 Å². The second-order valence-corrected chi connectivity index (χ2v) is 11.0. The van der Waals surface area contributed by atoms with Gasteiger partial charge in [0, 0.05) is 37.7 Å². The minimum atomic E-state index is -2.31. The second kappa shape index (κ2) is 8.09. The highest BCUT2D eigenvalue weighted by atomic mass is 32.2. The first-order valence-electron chi connectivity index (χ1n) is 12.7. The third-order valence-electron chi connectivity index (χ3n) is 7.36. The summed E-state index contributed by atoms with van der Waals surface area (Å²) in [6, 6.07) is 9.71. The van der Waals surface area contributed by atoms with Gasteiger partial charge in [-0.05, 0) is 41.5 Å². The normalized spacial score (nSPS) is 24.5. The van der Waals surface area contributed by atoms with Gasteiger partial charge in [-0.1, -0.05) is 38.1 Å². The summed E-state index contributed by atoms with van der Waals surface area (Å²) in [7, 11) is 0. The van der Waals surface area contributed by atoms with Crippen LogP contribution in [-0.2, 0) is 5.70 Å². The summed E-state index contributed by atoms with van der Waals surface area (Å²) < 4.78 is 48.9. The van der Waals surface area contributed by atoms with E-state index in [1.807, 2.05) is 0 Å². The standard InChI is InChI=1S/C27H25F2N3O3S/c1-27(2)10-12-30-21(13-27)32(31-11-9-19(33)25(34)24(31)26(30)35)23-15-7-8-18(28)22(29)17(15)14-36-20-6-4-3-5-16(20)23/h3-9,11,21,23,34H,10,12-14H2,1-2H3/t21-,23+/m1/s1/i14D2. The summed E-state index contributed by atoms with van der Waals surface area (Å²) >= 11 is 0.796. The second-order valence-electron chi connectivity index (χ2n) is 10.2. The van der Waals surface area contributed by atoms with Crippen molar-refractivity contribution < 1.29 is 21.4 Å². The first-order chi connectivity index (χ1) is 17.9. The largest absolute Gasteiger partial charge is 0.502 e. The van der Waals surface area contributed by atoms with Gasteiger partial charge in [-0.25, -0.2) is 8.78 Å². The number of nitrogens with zero attached hydrogens (tertiary/aromatic N) is 3. The van der Waals surface area contributed by atoms with Crippen molar-refractivity contribution in [3.63, 3.8) is 0 Å². The van der Waals surface area contributed by atoms with Gasteiger partial charge in [-0.3, -0.25) is 19.3 Å². The molecular formula is C27H25F2N3O3S. The van der Waals surface area contributed by atoms with Gasteiger partial charge in [0.25, 0.3) is 5.91 Å². The molecule has 2 aromatic carbocycles. The molecule has 0 unspecified atom stereocenters. The number of halogens is 2. The number of hydrogen-bond acceptors (Lipinski definition) is 5. The molecule has 0 bridgehead atoms. The summed E-state index contributed by atoms with van der Waals surface area (Å²) in [4.78, 5) is 28.2. The predicted molar refractivity (Wildman–Crippen MR) is 133 cm³/mol. The molecule has 2 atom stereocenters. The maximum Gasteiger partial charge on any atom is 0.278 e. The number of carbonyl (C=O) groups is 1. The van der Waals surface area contributed by atoms with Crippen LogP contribution in [-0.4, -0.2) is 33.3 Å². The first kappa shape index (κ1) is 20.8. The molecule has 3 aromatic rings. The maximum atomic E-state index is 15.5. The lowest BCUT2D eigenvalue weighted by molar-refractivity contribution is 0.0244. The van der Waals surface area contributed by atoms with E-state index < -0.39 is 52.2 Å². The lowest BCUT2D eigenvalue weighted by Crippen LogP contribution is -2.65. The molecule has 0 radical (unpaired) electrons. The highest BCUT2D eigenvalue weighted by molar-refractivity contribution is 7.98. The number of piperidine rings is 1. The number of fused-ring (bicyclic) bond motifs is 4. The van der Waals surface area contributed by atoms with Crippen molar-refractivity contribution in [2.45, 2.75) is 49.5 Å². The number of carbonyl (C=O) groups excluding carboxylic acids is 1. The Morgan fingerprint density at radius 1 is 1.11 bits per heavy atom. The fourth-order valence-corrected chi connectivity index (χ4v) is 6.36. The Balaban J connectivity index is 1.71. The lowest BCUT2D eigenvalue weighted by atomic mass is 9.79. The van der Waals surface area contributed by atoms with E-state index in [2.05, 4.69) is 13.8 Å². The van der Waals surface area contributed by atoms with Gasteiger partial charge in [-0.15, -0.1) is 11.8 Å². The number of amides is 1. The van der Waals surface area contributed by atoms with Crippen LogP contribution in [0.1, 0.15) is 62.7 Å². The molecule has 0 aliphatic carbocycles. The van der Waals surface area contributed by atoms with Gasteiger partial charge in [0.1, 0.15) is 6.17 Å². The molecule has 1 N–H and O–H groups in total. The Labute approximate surface area is 213 Å². The summed E-state index contributed by atoms with van der Waals surface area (Å²) in [5, 5.41) is 12.6. The molecule has 6 nitrogen and oxygen atoms in total. The molecule has 0 spiro atoms. The highest BCUT2D eigenvalue weighted by Crippen LogP contribution is 2.47. The zero-order valence-electron chi connectivity index (χ0n) is 21.7. The van der Waals surface area contributed by atoms with E-state index in [9.17, 15) is 19.1 Å². The third kappa shape index (κ3) is 3.36. The van der Waals surface area contributed by atoms with E-state index in [-0.39, 0.29) is 16.7 Å². The molecule has 186 valence electrons. The van der Waals surface area contributed by atoms with E-state index in [0.717, 1.165) is 23.9 Å². The molecule has 1 fully saturated rings. The molecule has 1 amide bonds. The predicted octanol–water partition coefficient (Wildman–Crippen LogP) is 4.77. The van der Waals surface area contributed by atoms with E-state index in [0.29, 0.717) is 29.8 Å². The summed E-state index contributed by atoms with van der Waals surface area (Å²) in [6.45, 7) is 4.54. The number of aromatic hydroxyl groups is 1. The van der Waals surface area contributed by atoms with Crippen LogP contribution in [0.15, 0.2) is 58.4 Å². The number of hydrogen-bond donors (Lipinski definition) is 1. The topological polar surface area (TPSA) is 65.8 Å². The number of thioether (sulfide) groups is 1. The number of aromatic nitrogens is 1. The lowest BCUT2D eigenvalue weighted by Gasteiger charge is -2.54. The molecule has 6 rings (SSSR count). The van der Waals surface area contributed by atoms with Gasteiger partial charge in [0.2, 0.25) is 5.43 Å². The maximum absolute atomic E-state index is 15.5. The zero-order chi connectivity index (χ0) is 27.1. The molecule has 1 aromatic heterocycles. The van der Waals surface area contributed by atoms with Crippen LogP contribution < -0.4 is 10.4 Å². The first-order valence-corrected chi connectivity index (χ1v) is 12.5. The van der Waals surface area contributed by atoms with Crippen LogP contribution in [0.5, 0.6) is 5.75 Å². The average Bonchev–Trinajstić information content (AvgIpc) is 2.94. The van der Waals surface area contributed by atoms with E-state index in [4.69, 9.17) is 2.74 Å². The van der Waals surface area contributed by atoms with E-state index in [1.165, 1.54) is 16.9 Å². The Morgan fingerprint density at radius 3 is 2.69 bits per heavy atom. The van der Waals surface area contributed by atoms with E-state index in [1.54, 1.807) is 34.2 Å². The molecule has 0 saturated carbocycles. The smallest absolute Gasteiger partial charge is 0.278 e. The highest BCUT2D eigenvalue weighted by Gasteiger charge is 2.48. The number of pyridine rings is 1. The average molecular weight is 512 g/mol. The van der Waals surface area contributed by atoms with Gasteiger partial charge in [0.15, 0.2) is 23.1 Å². The third-order valence-corrected chi connectivity index (χ3v) is 8.26. The number of benzene rings is 2. The van der Waals surface area contributed by atoms with Crippen molar-refractivity contribution in [1.82, 2.24) is 9.58 Å². The van der Waals surface area contributed by atoms with Gasteiger partial charge in [0.05, 0.1) is 6.04 Å². The molecular weight excluding hydrogens is 484 g/mol. The summed E-state index contributed by atoms with van der Waals surface area (Å²) in [5.41, 5.74) is -2.98. The molecule has 9 heteroatoms. The van der Waals surface area contributed by atoms with Crippen LogP contribution in [0.4, 0.5) is 8.78 Å². The van der Waals surface area contributed by atoms with Gasteiger partial charge < -0.3 is 10.0 Å². The SMILES string of the molecule is [2H]C1([2H])Sc2ccccc2[C@@H](N2[C@@H]3CC(C)(C)CCN3C(=O)c3c(O)c(=O)ccn32)c2ccc(F)c(F)c21. The summed E-state index contributed by atoms with van der Waals surface area (Å²) in [6.07, 6.45) is 2.04. The van der Waals surface area contributed by atoms with Crippen molar-refractivity contribution >= 4 is 17.7 Å². The van der Waals surface area contributed by atoms with Crippen molar-refractivity contribution in [2.75, 3.05) is 11.6 Å². The Morgan fingerprint density at radius 2 is 1.89 bits per heavy atom. The van der Waals surface area contributed by atoms with E-state index >= 15 is 4.39 Å². The Hall–Kier alpha value is -3.33. The van der Waals surface area contributed by atoms with Gasteiger partial charge >= 0.3 is 0 Å². The zero-order valence-corrected chi connectivity index (χ0v) is 20.5.